The van der Waals surface area contributed by atoms with Gasteiger partial charge in [0.25, 0.3) is 0 Å². The van der Waals surface area contributed by atoms with Crippen molar-refractivity contribution in [1.29, 1.82) is 0 Å². The predicted molar refractivity (Wildman–Crippen MR) is 85.3 cm³/mol. The highest BCUT2D eigenvalue weighted by atomic mass is 32.1. The molecule has 0 aliphatic heterocycles. The number of rotatable bonds is 4. The number of para-hydroxylation sites is 1. The Morgan fingerprint density at radius 2 is 2.19 bits per heavy atom. The van der Waals surface area contributed by atoms with Gasteiger partial charge in [0.2, 0.25) is 0 Å². The molecule has 3 aromatic rings. The number of benzene rings is 1. The minimum atomic E-state index is 0.371. The van der Waals surface area contributed by atoms with Crippen molar-refractivity contribution in [1.82, 2.24) is 9.97 Å². The monoisotopic (exact) mass is 298 g/mol. The van der Waals surface area contributed by atoms with Crippen LogP contribution < -0.4 is 5.73 Å². The van der Waals surface area contributed by atoms with E-state index in [9.17, 15) is 0 Å². The van der Waals surface area contributed by atoms with E-state index in [-0.39, 0.29) is 0 Å². The number of aromatic nitrogens is 2. The van der Waals surface area contributed by atoms with Crippen LogP contribution in [0.2, 0.25) is 0 Å². The second-order valence-corrected chi connectivity index (χ2v) is 6.25. The van der Waals surface area contributed by atoms with Crippen molar-refractivity contribution in [2.75, 3.05) is 5.73 Å². The fraction of sp³-hybridized carbons (Fsp3) is 0.267. The second kappa shape index (κ2) is 4.96. The highest BCUT2D eigenvalue weighted by Gasteiger charge is 2.18. The molecular formula is C15H14N4OS. The molecule has 5 nitrogen and oxygen atoms in total. The quantitative estimate of drug-likeness (QED) is 0.592. The van der Waals surface area contributed by atoms with Gasteiger partial charge in [0.05, 0.1) is 10.2 Å². The lowest BCUT2D eigenvalue weighted by Crippen LogP contribution is -1.93. The number of hydrogen-bond acceptors (Lipinski definition) is 6. The Morgan fingerprint density at radius 1 is 1.33 bits per heavy atom. The lowest BCUT2D eigenvalue weighted by Gasteiger charge is -1.99. The summed E-state index contributed by atoms with van der Waals surface area (Å²) in [5, 5.41) is 5.92. The maximum Gasteiger partial charge on any atom is 0.168 e. The molecule has 6 heteroatoms. The molecule has 0 radical (unpaired) electrons. The van der Waals surface area contributed by atoms with Crippen molar-refractivity contribution in [2.45, 2.75) is 19.4 Å². The van der Waals surface area contributed by atoms with E-state index in [0.29, 0.717) is 18.3 Å². The van der Waals surface area contributed by atoms with Gasteiger partial charge in [-0.25, -0.2) is 9.97 Å². The Kier molecular flexibility index (Phi) is 2.96. The van der Waals surface area contributed by atoms with Crippen molar-refractivity contribution in [2.24, 2.45) is 11.1 Å². The van der Waals surface area contributed by atoms with Crippen LogP contribution in [0.5, 0.6) is 0 Å². The predicted octanol–water partition coefficient (Wildman–Crippen LogP) is 3.34. The van der Waals surface area contributed by atoms with Crippen LogP contribution in [0.25, 0.3) is 21.1 Å². The van der Waals surface area contributed by atoms with Crippen LogP contribution in [0, 0.1) is 5.92 Å². The third-order valence-corrected chi connectivity index (χ3v) is 4.52. The summed E-state index contributed by atoms with van der Waals surface area (Å²) >= 11 is 1.59. The molecule has 21 heavy (non-hydrogen) atoms. The molecule has 1 aromatic carbocycles. The van der Waals surface area contributed by atoms with E-state index in [1.807, 2.05) is 30.5 Å². The molecule has 1 fully saturated rings. The molecule has 4 rings (SSSR count). The Hall–Kier alpha value is -2.21. The van der Waals surface area contributed by atoms with Gasteiger partial charge >= 0.3 is 0 Å². The molecule has 1 aliphatic rings. The molecular weight excluding hydrogens is 284 g/mol. The fourth-order valence-electron chi connectivity index (χ4n) is 2.20. The molecule has 0 atom stereocenters. The van der Waals surface area contributed by atoms with Gasteiger partial charge in [0.1, 0.15) is 10.5 Å². The third-order valence-electron chi connectivity index (χ3n) is 3.46. The molecule has 0 amide bonds. The van der Waals surface area contributed by atoms with Crippen LogP contribution in [-0.2, 0) is 11.4 Å². The van der Waals surface area contributed by atoms with Gasteiger partial charge in [-0.05, 0) is 24.8 Å². The summed E-state index contributed by atoms with van der Waals surface area (Å²) in [5.74, 6) is 1.08. The van der Waals surface area contributed by atoms with Gasteiger partial charge in [-0.15, -0.1) is 11.3 Å². The molecule has 0 bridgehead atoms. The molecule has 0 saturated heterocycles. The van der Waals surface area contributed by atoms with E-state index in [0.717, 1.165) is 26.1 Å². The van der Waals surface area contributed by atoms with E-state index in [2.05, 4.69) is 15.1 Å². The molecule has 2 aromatic heterocycles. The van der Waals surface area contributed by atoms with Crippen LogP contribution in [0.4, 0.5) is 5.82 Å². The van der Waals surface area contributed by atoms with Gasteiger partial charge in [-0.1, -0.05) is 23.4 Å². The minimum Gasteiger partial charge on any atom is -0.389 e. The molecule has 1 aliphatic carbocycles. The SMILES string of the molecule is Nc1nc2ccccc2c2sc(CO/N=C/C3CC3)nc12. The topological polar surface area (TPSA) is 73.4 Å². The highest BCUT2D eigenvalue weighted by molar-refractivity contribution is 7.19. The van der Waals surface area contributed by atoms with Crippen molar-refractivity contribution >= 4 is 44.5 Å². The number of anilines is 1. The van der Waals surface area contributed by atoms with Gasteiger partial charge in [-0.3, -0.25) is 0 Å². The van der Waals surface area contributed by atoms with E-state index >= 15 is 0 Å². The number of pyridine rings is 1. The number of fused-ring (bicyclic) bond motifs is 3. The van der Waals surface area contributed by atoms with E-state index in [1.165, 1.54) is 12.8 Å². The first-order valence-electron chi connectivity index (χ1n) is 6.90. The molecule has 1 saturated carbocycles. The molecule has 106 valence electrons. The summed E-state index contributed by atoms with van der Waals surface area (Å²) in [6.45, 7) is 0.371. The van der Waals surface area contributed by atoms with Crippen LogP contribution >= 0.6 is 11.3 Å². The van der Waals surface area contributed by atoms with Gasteiger partial charge < -0.3 is 10.6 Å². The Balaban J connectivity index is 1.67. The third kappa shape index (κ3) is 2.42. The van der Waals surface area contributed by atoms with E-state index < -0.39 is 0 Å². The molecule has 2 heterocycles. The zero-order chi connectivity index (χ0) is 14.2. The number of oxime groups is 1. The normalized spacial score (nSPS) is 15.2. The maximum absolute atomic E-state index is 6.00. The van der Waals surface area contributed by atoms with Crippen molar-refractivity contribution in [3.8, 4) is 0 Å². The first-order valence-corrected chi connectivity index (χ1v) is 7.72. The van der Waals surface area contributed by atoms with Gasteiger partial charge in [0, 0.05) is 11.6 Å². The second-order valence-electron chi connectivity index (χ2n) is 5.16. The number of nitrogens with zero attached hydrogens (tertiary/aromatic N) is 3. The lowest BCUT2D eigenvalue weighted by atomic mass is 10.2. The first kappa shape index (κ1) is 12.5. The summed E-state index contributed by atoms with van der Waals surface area (Å²) in [5.41, 5.74) is 7.65. The average molecular weight is 298 g/mol. The van der Waals surface area contributed by atoms with Crippen molar-refractivity contribution in [3.05, 3.63) is 29.3 Å². The van der Waals surface area contributed by atoms with Crippen LogP contribution in [0.3, 0.4) is 0 Å². The summed E-state index contributed by atoms with van der Waals surface area (Å²) < 4.78 is 1.06. The lowest BCUT2D eigenvalue weighted by molar-refractivity contribution is 0.131. The molecule has 2 N–H and O–H groups in total. The molecule has 0 unspecified atom stereocenters. The summed E-state index contributed by atoms with van der Waals surface area (Å²) in [4.78, 5) is 14.2. The van der Waals surface area contributed by atoms with Crippen LogP contribution in [0.15, 0.2) is 29.4 Å². The van der Waals surface area contributed by atoms with E-state index in [1.54, 1.807) is 11.3 Å². The smallest absolute Gasteiger partial charge is 0.168 e. The Labute approximate surface area is 125 Å². The minimum absolute atomic E-state index is 0.371. The number of nitrogens with two attached hydrogens (primary N) is 1. The van der Waals surface area contributed by atoms with Crippen molar-refractivity contribution in [3.63, 3.8) is 0 Å². The summed E-state index contributed by atoms with van der Waals surface area (Å²) in [7, 11) is 0. The number of hydrogen-bond donors (Lipinski definition) is 1. The number of thiazole rings is 1. The maximum atomic E-state index is 6.00. The zero-order valence-electron chi connectivity index (χ0n) is 11.3. The standard InChI is InChI=1S/C15H14N4OS/c16-15-13-14(10-3-1-2-4-11(10)18-15)21-12(19-13)8-20-17-7-9-5-6-9/h1-4,7,9H,5-6,8H2,(H2,16,18)/b17-7+. The van der Waals surface area contributed by atoms with Crippen LogP contribution in [0.1, 0.15) is 17.8 Å². The average Bonchev–Trinajstić information content (AvgIpc) is 3.21. The Bertz CT molecular complexity index is 838. The number of nitrogen functional groups attached to an aromatic ring is 1. The Morgan fingerprint density at radius 3 is 3.05 bits per heavy atom. The first-order chi connectivity index (χ1) is 10.3. The van der Waals surface area contributed by atoms with Gasteiger partial charge in [-0.2, -0.15) is 0 Å². The summed E-state index contributed by atoms with van der Waals surface area (Å²) in [6.07, 6.45) is 4.32. The van der Waals surface area contributed by atoms with Gasteiger partial charge in [0.15, 0.2) is 12.4 Å². The highest BCUT2D eigenvalue weighted by Crippen LogP contribution is 2.32. The van der Waals surface area contributed by atoms with Crippen LogP contribution in [-0.4, -0.2) is 16.2 Å². The summed E-state index contributed by atoms with van der Waals surface area (Å²) in [6, 6.07) is 7.95. The fourth-order valence-corrected chi connectivity index (χ4v) is 3.21. The zero-order valence-corrected chi connectivity index (χ0v) is 12.1. The van der Waals surface area contributed by atoms with Crippen molar-refractivity contribution < 1.29 is 4.84 Å². The largest absolute Gasteiger partial charge is 0.389 e. The van der Waals surface area contributed by atoms with E-state index in [4.69, 9.17) is 10.6 Å². The molecule has 0 spiro atoms.